The van der Waals surface area contributed by atoms with Gasteiger partial charge < -0.3 is 4.74 Å². The Kier molecular flexibility index (Phi) is 3.28. The van der Waals surface area contributed by atoms with E-state index in [1.807, 2.05) is 30.3 Å². The maximum Gasteiger partial charge on any atom is 0.281 e. The molecule has 0 spiro atoms. The Morgan fingerprint density at radius 2 is 1.94 bits per heavy atom. The molecule has 0 bridgehead atoms. The van der Waals surface area contributed by atoms with Crippen molar-refractivity contribution in [3.05, 3.63) is 70.6 Å². The predicted molar refractivity (Wildman–Crippen MR) is 60.1 cm³/mol. The molecule has 3 nitrogen and oxygen atoms in total. The van der Waals surface area contributed by atoms with Crippen molar-refractivity contribution >= 4 is 0 Å². The van der Waals surface area contributed by atoms with Crippen LogP contribution >= 0.6 is 0 Å². The first-order valence-corrected chi connectivity index (χ1v) is 4.90. The molecule has 0 aliphatic heterocycles. The first kappa shape index (κ1) is 10.4. The van der Waals surface area contributed by atoms with Gasteiger partial charge >= 0.3 is 0 Å². The van der Waals surface area contributed by atoms with Gasteiger partial charge in [0.05, 0.1) is 0 Å². The molecule has 0 saturated carbocycles. The first-order chi connectivity index (χ1) is 7.84. The van der Waals surface area contributed by atoms with E-state index in [0.717, 1.165) is 5.56 Å². The standard InChI is InChI=1S/C13H10NO2/c15-13-9-12(7-4-8-14-13)16-10-11-5-2-1-3-6-11/h1-8H,10H2. The highest BCUT2D eigenvalue weighted by atomic mass is 16.5. The fourth-order valence-corrected chi connectivity index (χ4v) is 1.24. The number of hydrogen-bond donors (Lipinski definition) is 0. The van der Waals surface area contributed by atoms with Crippen LogP contribution in [0, 0.1) is 6.07 Å². The largest absolute Gasteiger partial charge is 0.488 e. The van der Waals surface area contributed by atoms with Crippen LogP contribution in [-0.4, -0.2) is 4.98 Å². The van der Waals surface area contributed by atoms with Gasteiger partial charge in [0.25, 0.3) is 5.56 Å². The number of ether oxygens (including phenoxy) is 1. The van der Waals surface area contributed by atoms with Gasteiger partial charge in [-0.05, 0) is 17.7 Å². The normalized spacial score (nSPS) is 9.75. The third-order valence-corrected chi connectivity index (χ3v) is 1.99. The first-order valence-electron chi connectivity index (χ1n) is 4.90. The number of nitrogens with zero attached hydrogens (tertiary/aromatic N) is 1. The van der Waals surface area contributed by atoms with Crippen molar-refractivity contribution < 1.29 is 4.74 Å². The van der Waals surface area contributed by atoms with Crippen LogP contribution in [-0.2, 0) is 6.61 Å². The molecular formula is C13H10NO2. The topological polar surface area (TPSA) is 39.2 Å². The molecule has 0 fully saturated rings. The van der Waals surface area contributed by atoms with Gasteiger partial charge in [-0.2, -0.15) is 0 Å². The van der Waals surface area contributed by atoms with E-state index >= 15 is 0 Å². The van der Waals surface area contributed by atoms with Crippen molar-refractivity contribution in [2.45, 2.75) is 6.61 Å². The molecule has 0 aliphatic rings. The van der Waals surface area contributed by atoms with Gasteiger partial charge in [-0.15, -0.1) is 0 Å². The summed E-state index contributed by atoms with van der Waals surface area (Å²) in [6.07, 6.45) is 1.42. The lowest BCUT2D eigenvalue weighted by Crippen LogP contribution is -2.01. The van der Waals surface area contributed by atoms with E-state index in [9.17, 15) is 4.79 Å². The molecule has 2 aromatic rings. The molecular weight excluding hydrogens is 202 g/mol. The van der Waals surface area contributed by atoms with Crippen LogP contribution in [0.4, 0.5) is 0 Å². The van der Waals surface area contributed by atoms with Crippen molar-refractivity contribution in [2.24, 2.45) is 0 Å². The predicted octanol–water partition coefficient (Wildman–Crippen LogP) is 1.82. The summed E-state index contributed by atoms with van der Waals surface area (Å²) >= 11 is 0. The van der Waals surface area contributed by atoms with Crippen molar-refractivity contribution in [3.8, 4) is 5.75 Å². The highest BCUT2D eigenvalue weighted by Crippen LogP contribution is 2.07. The summed E-state index contributed by atoms with van der Waals surface area (Å²) in [5, 5.41) is 0. The van der Waals surface area contributed by atoms with E-state index in [-0.39, 0.29) is 0 Å². The molecule has 79 valence electrons. The summed E-state index contributed by atoms with van der Waals surface area (Å²) in [7, 11) is 0. The lowest BCUT2D eigenvalue weighted by Gasteiger charge is -2.03. The van der Waals surface area contributed by atoms with Crippen molar-refractivity contribution in [1.82, 2.24) is 4.98 Å². The summed E-state index contributed by atoms with van der Waals surface area (Å²) in [4.78, 5) is 14.6. The summed E-state index contributed by atoms with van der Waals surface area (Å²) < 4.78 is 5.44. The zero-order chi connectivity index (χ0) is 11.2. The molecule has 0 aliphatic carbocycles. The molecule has 1 heterocycles. The molecule has 3 heteroatoms. The van der Waals surface area contributed by atoms with E-state index in [1.54, 1.807) is 12.1 Å². The number of benzene rings is 1. The number of aromatic nitrogens is 1. The van der Waals surface area contributed by atoms with Crippen LogP contribution in [0.2, 0.25) is 0 Å². The average molecular weight is 212 g/mol. The molecule has 1 aromatic heterocycles. The van der Waals surface area contributed by atoms with Gasteiger partial charge in [0.2, 0.25) is 0 Å². The average Bonchev–Trinajstić information content (AvgIpc) is 2.52. The van der Waals surface area contributed by atoms with Crippen LogP contribution in [0.5, 0.6) is 5.75 Å². The molecule has 0 unspecified atom stereocenters. The van der Waals surface area contributed by atoms with Crippen LogP contribution < -0.4 is 10.3 Å². The fourth-order valence-electron chi connectivity index (χ4n) is 1.24. The highest BCUT2D eigenvalue weighted by Gasteiger charge is 1.95. The van der Waals surface area contributed by atoms with E-state index in [4.69, 9.17) is 4.74 Å². The monoisotopic (exact) mass is 212 g/mol. The molecule has 0 atom stereocenters. The summed E-state index contributed by atoms with van der Waals surface area (Å²) in [6.45, 7) is 0.417. The van der Waals surface area contributed by atoms with Crippen LogP contribution in [0.15, 0.2) is 53.5 Å². The summed E-state index contributed by atoms with van der Waals surface area (Å²) in [5.74, 6) is 0.409. The van der Waals surface area contributed by atoms with Gasteiger partial charge in [-0.25, -0.2) is 4.98 Å². The quantitative estimate of drug-likeness (QED) is 0.779. The second-order valence-corrected chi connectivity index (χ2v) is 3.21. The minimum Gasteiger partial charge on any atom is -0.488 e. The second-order valence-electron chi connectivity index (χ2n) is 3.21. The highest BCUT2D eigenvalue weighted by molar-refractivity contribution is 5.18. The molecule has 16 heavy (non-hydrogen) atoms. The molecule has 2 rings (SSSR count). The van der Waals surface area contributed by atoms with Gasteiger partial charge in [-0.3, -0.25) is 4.79 Å². The van der Waals surface area contributed by atoms with Crippen LogP contribution in [0.3, 0.4) is 0 Å². The third kappa shape index (κ3) is 2.92. The minimum atomic E-state index is -0.423. The smallest absolute Gasteiger partial charge is 0.281 e. The minimum absolute atomic E-state index is 0.409. The molecule has 0 N–H and O–H groups in total. The number of rotatable bonds is 3. The van der Waals surface area contributed by atoms with Crippen LogP contribution in [0.1, 0.15) is 5.56 Å². The Balaban J connectivity index is 2.09. The lowest BCUT2D eigenvalue weighted by molar-refractivity contribution is 0.305. The molecule has 0 amide bonds. The van der Waals surface area contributed by atoms with E-state index in [2.05, 4.69) is 11.1 Å². The van der Waals surface area contributed by atoms with Crippen molar-refractivity contribution in [3.63, 3.8) is 0 Å². The van der Waals surface area contributed by atoms with Gasteiger partial charge in [0.15, 0.2) is 0 Å². The molecule has 0 saturated heterocycles. The lowest BCUT2D eigenvalue weighted by atomic mass is 10.2. The van der Waals surface area contributed by atoms with Crippen LogP contribution in [0.25, 0.3) is 0 Å². The maximum atomic E-state index is 11.1. The van der Waals surface area contributed by atoms with E-state index < -0.39 is 5.56 Å². The van der Waals surface area contributed by atoms with Gasteiger partial charge in [0, 0.05) is 6.20 Å². The SMILES string of the molecule is O=c1[c]c(OCc2ccccc2)cccn1. The van der Waals surface area contributed by atoms with Gasteiger partial charge in [-0.1, -0.05) is 30.3 Å². The Bertz CT molecular complexity index is 511. The van der Waals surface area contributed by atoms with E-state index in [1.165, 1.54) is 6.20 Å². The summed E-state index contributed by atoms with van der Waals surface area (Å²) in [6, 6.07) is 15.6. The Morgan fingerprint density at radius 3 is 2.75 bits per heavy atom. The van der Waals surface area contributed by atoms with Gasteiger partial charge in [0.1, 0.15) is 18.4 Å². The summed E-state index contributed by atoms with van der Waals surface area (Å²) in [5.41, 5.74) is 0.621. The Morgan fingerprint density at radius 1 is 1.12 bits per heavy atom. The zero-order valence-electron chi connectivity index (χ0n) is 8.59. The molecule has 1 aromatic carbocycles. The Labute approximate surface area is 93.4 Å². The van der Waals surface area contributed by atoms with Crippen molar-refractivity contribution in [2.75, 3.05) is 0 Å². The van der Waals surface area contributed by atoms with E-state index in [0.29, 0.717) is 12.4 Å². The number of hydrogen-bond acceptors (Lipinski definition) is 3. The second kappa shape index (κ2) is 5.07. The fraction of sp³-hybridized carbons (Fsp3) is 0.0769. The maximum absolute atomic E-state index is 11.1. The van der Waals surface area contributed by atoms with Crippen molar-refractivity contribution in [1.29, 1.82) is 0 Å². The Hall–Kier alpha value is -2.16. The molecule has 1 radical (unpaired) electrons. The zero-order valence-corrected chi connectivity index (χ0v) is 8.59. The third-order valence-electron chi connectivity index (χ3n) is 1.99.